The van der Waals surface area contributed by atoms with Crippen LogP contribution in [0, 0.1) is 0 Å². The molecule has 0 fully saturated rings. The maximum Gasteiger partial charge on any atom is 0.246 e. The van der Waals surface area contributed by atoms with Crippen molar-refractivity contribution < 1.29 is 14.4 Å². The van der Waals surface area contributed by atoms with Crippen LogP contribution >= 0.6 is 11.3 Å². The number of hydrogen-bond acceptors (Lipinski definition) is 5. The lowest BCUT2D eigenvalue weighted by molar-refractivity contribution is -0.146. The van der Waals surface area contributed by atoms with Gasteiger partial charge >= 0.3 is 0 Å². The molecule has 1 heterocycles. The van der Waals surface area contributed by atoms with Crippen LogP contribution in [0.2, 0.25) is 0 Å². The summed E-state index contributed by atoms with van der Waals surface area (Å²) in [5, 5.41) is 5.03. The molecule has 48 heavy (non-hydrogen) atoms. The average molecular weight is 665 g/mol. The number of hydrogen-bond donors (Lipinski definition) is 2. The smallest absolute Gasteiger partial charge is 0.246 e. The van der Waals surface area contributed by atoms with Crippen molar-refractivity contribution in [2.75, 3.05) is 20.6 Å². The van der Waals surface area contributed by atoms with E-state index in [1.54, 1.807) is 31.5 Å². The van der Waals surface area contributed by atoms with Crippen LogP contribution < -0.4 is 11.1 Å². The summed E-state index contributed by atoms with van der Waals surface area (Å²) >= 11 is 1.55. The van der Waals surface area contributed by atoms with Crippen molar-refractivity contribution in [3.8, 4) is 11.1 Å². The van der Waals surface area contributed by atoms with Crippen molar-refractivity contribution >= 4 is 29.1 Å². The second-order valence-corrected chi connectivity index (χ2v) is 14.2. The summed E-state index contributed by atoms with van der Waals surface area (Å²) < 4.78 is 0. The second kappa shape index (κ2) is 17.0. The highest BCUT2D eigenvalue weighted by atomic mass is 32.1. The lowest BCUT2D eigenvalue weighted by Gasteiger charge is -2.34. The van der Waals surface area contributed by atoms with Crippen LogP contribution in [0.3, 0.4) is 0 Å². The van der Waals surface area contributed by atoms with Crippen molar-refractivity contribution in [2.45, 2.75) is 64.1 Å². The van der Waals surface area contributed by atoms with E-state index in [1.165, 1.54) is 9.80 Å². The molecule has 8 heteroatoms. The molecule has 3 amide bonds. The normalized spacial score (nSPS) is 13.0. The highest BCUT2D eigenvalue weighted by molar-refractivity contribution is 7.09. The van der Waals surface area contributed by atoms with Crippen LogP contribution in [0.5, 0.6) is 0 Å². The third-order valence-corrected chi connectivity index (χ3v) is 9.24. The van der Waals surface area contributed by atoms with Crippen molar-refractivity contribution in [1.29, 1.82) is 0 Å². The van der Waals surface area contributed by atoms with E-state index in [0.717, 1.165) is 32.7 Å². The van der Waals surface area contributed by atoms with Gasteiger partial charge in [0.2, 0.25) is 17.7 Å². The monoisotopic (exact) mass is 664 g/mol. The summed E-state index contributed by atoms with van der Waals surface area (Å²) in [7, 11) is 3.32. The zero-order chi connectivity index (χ0) is 34.7. The number of thiophene rings is 1. The Bertz CT molecular complexity index is 1650. The first-order valence-corrected chi connectivity index (χ1v) is 17.3. The number of carbonyl (C=O) groups excluding carboxylic acids is 3. The number of amides is 3. The van der Waals surface area contributed by atoms with Gasteiger partial charge in [-0.05, 0) is 67.3 Å². The molecule has 0 aliphatic carbocycles. The summed E-state index contributed by atoms with van der Waals surface area (Å²) in [4.78, 5) is 45.9. The molecule has 4 rings (SSSR count). The lowest BCUT2D eigenvalue weighted by Crippen LogP contribution is -2.56. The largest absolute Gasteiger partial charge is 0.354 e. The van der Waals surface area contributed by atoms with Crippen LogP contribution in [-0.4, -0.2) is 65.8 Å². The molecule has 0 radical (unpaired) electrons. The predicted molar refractivity (Wildman–Crippen MR) is 197 cm³/mol. The molecule has 0 aliphatic rings. The molecule has 2 atom stereocenters. The van der Waals surface area contributed by atoms with Crippen LogP contribution in [0.15, 0.2) is 114 Å². The number of benzene rings is 3. The van der Waals surface area contributed by atoms with E-state index >= 15 is 0 Å². The third-order valence-electron chi connectivity index (χ3n) is 8.34. The molecule has 4 aromatic rings. The first kappa shape index (κ1) is 36.3. The highest BCUT2D eigenvalue weighted by Crippen LogP contribution is 2.22. The van der Waals surface area contributed by atoms with E-state index in [9.17, 15) is 14.4 Å². The van der Waals surface area contributed by atoms with E-state index < -0.39 is 17.6 Å². The Morgan fingerprint density at radius 2 is 1.42 bits per heavy atom. The Kier molecular flexibility index (Phi) is 12.9. The number of likely N-dealkylation sites (N-methyl/N-ethyl adjacent to an activating group) is 2. The topological polar surface area (TPSA) is 95.7 Å². The minimum atomic E-state index is -0.844. The van der Waals surface area contributed by atoms with E-state index in [-0.39, 0.29) is 24.1 Å². The van der Waals surface area contributed by atoms with E-state index in [2.05, 4.69) is 17.4 Å². The van der Waals surface area contributed by atoms with Gasteiger partial charge in [-0.1, -0.05) is 96.6 Å². The minimum Gasteiger partial charge on any atom is -0.354 e. The Labute approximate surface area is 289 Å². The molecule has 0 saturated carbocycles. The van der Waals surface area contributed by atoms with Gasteiger partial charge in [0.15, 0.2) is 0 Å². The Morgan fingerprint density at radius 1 is 0.792 bits per heavy atom. The molecule has 0 bridgehead atoms. The van der Waals surface area contributed by atoms with Crippen molar-refractivity contribution in [2.24, 2.45) is 5.73 Å². The summed E-state index contributed by atoms with van der Waals surface area (Å²) in [5.41, 5.74) is 10.8. The molecule has 3 N–H and O–H groups in total. The minimum absolute atomic E-state index is 0.226. The van der Waals surface area contributed by atoms with Gasteiger partial charge in [-0.15, -0.1) is 11.3 Å². The number of nitrogens with two attached hydrogens (primary N) is 1. The van der Waals surface area contributed by atoms with Gasteiger partial charge in [0, 0.05) is 50.0 Å². The van der Waals surface area contributed by atoms with E-state index in [4.69, 9.17) is 5.73 Å². The van der Waals surface area contributed by atoms with Crippen LogP contribution in [0.25, 0.3) is 11.1 Å². The van der Waals surface area contributed by atoms with Crippen molar-refractivity contribution in [3.63, 3.8) is 0 Å². The van der Waals surface area contributed by atoms with Crippen molar-refractivity contribution in [3.05, 3.63) is 130 Å². The van der Waals surface area contributed by atoms with Gasteiger partial charge < -0.3 is 20.9 Å². The number of carbonyl (C=O) groups is 3. The molecule has 7 nitrogen and oxygen atoms in total. The third kappa shape index (κ3) is 10.8. The summed E-state index contributed by atoms with van der Waals surface area (Å²) in [6, 6.07) is 30.4. The number of nitrogens with zero attached hydrogens (tertiary/aromatic N) is 2. The fraction of sp³-hybridized carbons (Fsp3) is 0.325. The summed E-state index contributed by atoms with van der Waals surface area (Å²) in [6.07, 6.45) is 3.44. The second-order valence-electron chi connectivity index (χ2n) is 13.2. The van der Waals surface area contributed by atoms with Crippen LogP contribution in [0.1, 0.15) is 43.2 Å². The van der Waals surface area contributed by atoms with Crippen LogP contribution in [-0.2, 0) is 33.6 Å². The SMILES string of the molecule is CC(=CC(=O)N(C)[C@H](Cc1ccc(-c2ccccc2)cc1)C(=O)N(C)[C@H](Cc1cccs1)C(=O)NCCc1ccccc1)CC(C)(C)N. The molecule has 1 aromatic heterocycles. The quantitative estimate of drug-likeness (QED) is 0.146. The molecule has 0 unspecified atom stereocenters. The molecule has 252 valence electrons. The Balaban J connectivity index is 1.60. The molecule has 0 aliphatic heterocycles. The molecular formula is C40H48N4O3S. The Morgan fingerprint density at radius 3 is 2.02 bits per heavy atom. The molecular weight excluding hydrogens is 617 g/mol. The van der Waals surface area contributed by atoms with Gasteiger partial charge in [-0.2, -0.15) is 0 Å². The fourth-order valence-corrected chi connectivity index (χ4v) is 6.56. The van der Waals surface area contributed by atoms with Gasteiger partial charge in [0.25, 0.3) is 0 Å². The van der Waals surface area contributed by atoms with Crippen molar-refractivity contribution in [1.82, 2.24) is 15.1 Å². The maximum atomic E-state index is 14.5. The standard InChI is InChI=1S/C40H48N4O3S/c1-29(28-40(2,3)41)25-37(45)43(4)36(26-31-18-20-33(21-19-31)32-15-10-7-11-16-32)39(47)44(5)35(27-34-17-12-24-48-34)38(46)42-23-22-30-13-8-6-9-14-30/h6-21,24-25,35-36H,22-23,26-28,41H2,1-5H3,(H,42,46)/t35-,36-/m1/s1. The molecule has 0 spiro atoms. The van der Waals surface area contributed by atoms with Gasteiger partial charge in [0.1, 0.15) is 12.1 Å². The molecule has 3 aromatic carbocycles. The van der Waals surface area contributed by atoms with E-state index in [0.29, 0.717) is 25.8 Å². The molecule has 0 saturated heterocycles. The predicted octanol–water partition coefficient (Wildman–Crippen LogP) is 6.29. The van der Waals surface area contributed by atoms with Gasteiger partial charge in [-0.25, -0.2) is 0 Å². The maximum absolute atomic E-state index is 14.5. The number of nitrogens with one attached hydrogen (secondary N) is 1. The first-order valence-electron chi connectivity index (χ1n) is 16.4. The lowest BCUT2D eigenvalue weighted by atomic mass is 9.96. The Hall–Kier alpha value is -4.53. The van der Waals surface area contributed by atoms with Gasteiger partial charge in [-0.3, -0.25) is 14.4 Å². The van der Waals surface area contributed by atoms with Crippen LogP contribution in [0.4, 0.5) is 0 Å². The zero-order valence-corrected chi connectivity index (χ0v) is 29.5. The summed E-state index contributed by atoms with van der Waals surface area (Å²) in [5.74, 6) is -0.814. The highest BCUT2D eigenvalue weighted by Gasteiger charge is 2.35. The van der Waals surface area contributed by atoms with Gasteiger partial charge in [0.05, 0.1) is 0 Å². The fourth-order valence-electron chi connectivity index (χ4n) is 5.82. The van der Waals surface area contributed by atoms with E-state index in [1.807, 2.05) is 111 Å². The first-order chi connectivity index (χ1) is 22.9. The summed E-state index contributed by atoms with van der Waals surface area (Å²) in [6.45, 7) is 6.15. The average Bonchev–Trinajstić information content (AvgIpc) is 3.59. The number of rotatable bonds is 15. The zero-order valence-electron chi connectivity index (χ0n) is 28.7.